The molecule has 0 amide bonds. The summed E-state index contributed by atoms with van der Waals surface area (Å²) in [5.41, 5.74) is 18.7. The van der Waals surface area contributed by atoms with Crippen molar-refractivity contribution < 1.29 is 0 Å². The Hall–Kier alpha value is -13.9. The number of benzene rings is 12. The molecule has 0 aliphatic carbocycles. The van der Waals surface area contributed by atoms with Crippen LogP contribution in [-0.2, 0) is 0 Å². The average molecular weight is 1310 g/mol. The largest absolute Gasteiger partial charge is 0.276 e. The van der Waals surface area contributed by atoms with Gasteiger partial charge in [-0.3, -0.25) is 26.7 Å². The Morgan fingerprint density at radius 1 is 0.198 bits per heavy atom. The molecular weight excluding hydrogens is 1260 g/mol. The highest BCUT2D eigenvalue weighted by Gasteiger charge is 2.42. The molecule has 0 unspecified atom stereocenters. The van der Waals surface area contributed by atoms with Crippen LogP contribution in [0.4, 0.5) is 0 Å². The zero-order chi connectivity index (χ0) is 66.0. The van der Waals surface area contributed by atoms with Crippen LogP contribution in [0, 0.1) is 0 Å². The topological polar surface area (TPSA) is 140 Å². The summed E-state index contributed by atoms with van der Waals surface area (Å²) in [6, 6.07) is 111. The second kappa shape index (κ2) is 21.1. The molecule has 10 aromatic heterocycles. The SMILES string of the molecule is c1ccc([Si](c2ccccc2)(c2ccc(-c3cc(-n4c5ccccc5n5c6ccccc6nc45)nc(-n4c5ccccc5n5c6ccccc6nc45)n3)cc2)c2ccc(-c3cc(-n4c5ccccc5n5c6ccccc6nc45)nc(-n4c5ccccc5n5c6ccccc6nc45)n3)cc2)cc1. The first-order valence-corrected chi connectivity index (χ1v) is 35.7. The monoisotopic (exact) mass is 1310 g/mol. The maximum Gasteiger partial charge on any atom is 0.239 e. The van der Waals surface area contributed by atoms with Crippen molar-refractivity contribution in [3.05, 3.63) is 315 Å². The molecule has 0 radical (unpaired) electrons. The first-order chi connectivity index (χ1) is 50.1. The van der Waals surface area contributed by atoms with E-state index in [2.05, 4.69) is 327 Å². The summed E-state index contributed by atoms with van der Waals surface area (Å²) in [4.78, 5) is 43.6. The van der Waals surface area contributed by atoms with Gasteiger partial charge in [0, 0.05) is 23.3 Å². The molecule has 0 aliphatic rings. The summed E-state index contributed by atoms with van der Waals surface area (Å²) in [5, 5.41) is 4.87. The van der Waals surface area contributed by atoms with E-state index in [0.29, 0.717) is 35.1 Å². The summed E-state index contributed by atoms with van der Waals surface area (Å²) in [6.45, 7) is 0. The summed E-state index contributed by atoms with van der Waals surface area (Å²) in [5.74, 6) is 5.21. The minimum Gasteiger partial charge on any atom is -0.276 e. The van der Waals surface area contributed by atoms with Gasteiger partial charge < -0.3 is 0 Å². The van der Waals surface area contributed by atoms with Gasteiger partial charge in [0.25, 0.3) is 0 Å². The zero-order valence-corrected chi connectivity index (χ0v) is 54.7. The molecule has 22 aromatic rings. The van der Waals surface area contributed by atoms with Gasteiger partial charge in [0.05, 0.1) is 99.7 Å². The van der Waals surface area contributed by atoms with Crippen LogP contribution in [0.5, 0.6) is 0 Å². The fourth-order valence-corrected chi connectivity index (χ4v) is 20.7. The lowest BCUT2D eigenvalue weighted by atomic mass is 10.1. The highest BCUT2D eigenvalue weighted by atomic mass is 28.3. The van der Waals surface area contributed by atoms with Gasteiger partial charge in [-0.05, 0) is 118 Å². The smallest absolute Gasteiger partial charge is 0.239 e. The Bertz CT molecular complexity index is 6390. The number of imidazole rings is 8. The Labute approximate surface area is 574 Å². The maximum absolute atomic E-state index is 5.60. The molecular formula is C84H52N16Si. The van der Waals surface area contributed by atoms with Gasteiger partial charge in [-0.25, -0.2) is 39.0 Å². The minimum atomic E-state index is -3.20. The summed E-state index contributed by atoms with van der Waals surface area (Å²) in [7, 11) is -3.20. The number of hydrogen-bond donors (Lipinski definition) is 0. The van der Waals surface area contributed by atoms with Crippen LogP contribution >= 0.6 is 0 Å². The average Bonchev–Trinajstić information content (AvgIpc) is 1.68. The van der Waals surface area contributed by atoms with Crippen LogP contribution in [0.2, 0.25) is 0 Å². The summed E-state index contributed by atoms with van der Waals surface area (Å²) in [6.07, 6.45) is 0. The molecule has 10 heterocycles. The molecule has 0 fully saturated rings. The van der Waals surface area contributed by atoms with Crippen LogP contribution in [-0.4, -0.2) is 83.8 Å². The number of rotatable bonds is 10. The first-order valence-electron chi connectivity index (χ1n) is 33.7. The van der Waals surface area contributed by atoms with Crippen LogP contribution in [0.1, 0.15) is 0 Å². The van der Waals surface area contributed by atoms with E-state index in [0.717, 1.165) is 122 Å². The van der Waals surface area contributed by atoms with E-state index in [1.54, 1.807) is 0 Å². The van der Waals surface area contributed by atoms with Gasteiger partial charge in [0.2, 0.25) is 35.0 Å². The van der Waals surface area contributed by atoms with E-state index in [-0.39, 0.29) is 0 Å². The molecule has 101 heavy (non-hydrogen) atoms. The summed E-state index contributed by atoms with van der Waals surface area (Å²) >= 11 is 0. The molecule has 12 aromatic carbocycles. The maximum atomic E-state index is 5.60. The highest BCUT2D eigenvalue weighted by Crippen LogP contribution is 2.37. The van der Waals surface area contributed by atoms with E-state index < -0.39 is 8.07 Å². The van der Waals surface area contributed by atoms with Gasteiger partial charge in [-0.15, -0.1) is 0 Å². The van der Waals surface area contributed by atoms with Crippen molar-refractivity contribution in [2.75, 3.05) is 0 Å². The lowest BCUT2D eigenvalue weighted by Gasteiger charge is -2.34. The molecule has 0 saturated heterocycles. The molecule has 0 bridgehead atoms. The molecule has 0 N–H and O–H groups in total. The molecule has 0 saturated carbocycles. The number of nitrogens with zero attached hydrogens (tertiary/aromatic N) is 16. The van der Waals surface area contributed by atoms with Gasteiger partial charge in [0.15, 0.2) is 8.07 Å². The molecule has 0 aliphatic heterocycles. The van der Waals surface area contributed by atoms with Crippen LogP contribution in [0.3, 0.4) is 0 Å². The van der Waals surface area contributed by atoms with Crippen molar-refractivity contribution in [2.24, 2.45) is 0 Å². The molecule has 0 spiro atoms. The Morgan fingerprint density at radius 3 is 0.762 bits per heavy atom. The number of hydrogen-bond acceptors (Lipinski definition) is 8. The second-order valence-electron chi connectivity index (χ2n) is 25.7. The third kappa shape index (κ3) is 7.87. The third-order valence-electron chi connectivity index (χ3n) is 20.3. The Balaban J connectivity index is 0.743. The number of fused-ring (bicyclic) bond motifs is 20. The van der Waals surface area contributed by atoms with E-state index in [1.807, 2.05) is 24.3 Å². The van der Waals surface area contributed by atoms with Gasteiger partial charge in [-0.2, -0.15) is 9.97 Å². The van der Waals surface area contributed by atoms with Gasteiger partial charge >= 0.3 is 0 Å². The van der Waals surface area contributed by atoms with E-state index in [1.165, 1.54) is 20.7 Å². The summed E-state index contributed by atoms with van der Waals surface area (Å²) < 4.78 is 17.4. The van der Waals surface area contributed by atoms with Crippen LogP contribution in [0.15, 0.2) is 315 Å². The molecule has 22 rings (SSSR count). The van der Waals surface area contributed by atoms with Crippen molar-refractivity contribution in [3.8, 4) is 46.0 Å². The lowest BCUT2D eigenvalue weighted by molar-refractivity contribution is 0.929. The zero-order valence-electron chi connectivity index (χ0n) is 53.7. The van der Waals surface area contributed by atoms with Gasteiger partial charge in [-0.1, -0.05) is 206 Å². The molecule has 472 valence electrons. The van der Waals surface area contributed by atoms with Crippen LogP contribution < -0.4 is 20.7 Å². The Morgan fingerprint density at radius 2 is 0.446 bits per heavy atom. The quantitative estimate of drug-likeness (QED) is 0.0974. The molecule has 0 atom stereocenters. The highest BCUT2D eigenvalue weighted by molar-refractivity contribution is 7.19. The number of aromatic nitrogens is 16. The Kier molecular flexibility index (Phi) is 11.5. The number of para-hydroxylation sites is 16. The molecule has 16 nitrogen and oxygen atoms in total. The van der Waals surface area contributed by atoms with Crippen molar-refractivity contribution in [1.29, 1.82) is 0 Å². The third-order valence-corrected chi connectivity index (χ3v) is 25.1. The van der Waals surface area contributed by atoms with Crippen molar-refractivity contribution in [1.82, 2.24) is 75.7 Å². The predicted octanol–water partition coefficient (Wildman–Crippen LogP) is 15.0. The predicted molar refractivity (Wildman–Crippen MR) is 404 cm³/mol. The lowest BCUT2D eigenvalue weighted by Crippen LogP contribution is -2.74. The normalized spacial score (nSPS) is 12.4. The standard InChI is InChI=1S/C84H52N16Si/c1-3-23-55(24-4-1)101(56-25-5-2-6-26-56,57-47-43-53(44-48-57)63-51-77(97-73-39-19-15-35-69(73)93-65-31-11-7-27-59(65)87-81(93)97)91-79(85-63)99-75-41-21-17-37-71(75)95-67-33-13-9-29-61(67)89-83(95)99)58-49-45-54(46-50-58)64-52-78(98-74-40-20-16-36-70(74)94-66-32-12-8-28-60(66)88-82(94)98)92-80(86-64)100-76-42-22-18-38-72(76)96-68-34-14-10-30-62(68)90-84(96)100/h1-52H. The van der Waals surface area contributed by atoms with Crippen LogP contribution in [0.25, 0.3) is 157 Å². The van der Waals surface area contributed by atoms with Crippen molar-refractivity contribution >= 4 is 140 Å². The first kappa shape index (κ1) is 55.3. The van der Waals surface area contributed by atoms with Crippen molar-refractivity contribution in [2.45, 2.75) is 0 Å². The molecule has 17 heteroatoms. The van der Waals surface area contributed by atoms with E-state index in [4.69, 9.17) is 39.9 Å². The second-order valence-corrected chi connectivity index (χ2v) is 29.5. The van der Waals surface area contributed by atoms with Crippen molar-refractivity contribution in [3.63, 3.8) is 0 Å². The minimum absolute atomic E-state index is 0.477. The van der Waals surface area contributed by atoms with E-state index >= 15 is 0 Å². The van der Waals surface area contributed by atoms with Gasteiger partial charge in [0.1, 0.15) is 11.6 Å². The fourth-order valence-electron chi connectivity index (χ4n) is 16.0. The fraction of sp³-hybridized carbons (Fsp3) is 0. The van der Waals surface area contributed by atoms with E-state index in [9.17, 15) is 0 Å².